The predicted octanol–water partition coefficient (Wildman–Crippen LogP) is 2.34. The highest BCUT2D eigenvalue weighted by atomic mass is 79.9. The Morgan fingerprint density at radius 1 is 1.47 bits per heavy atom. The lowest BCUT2D eigenvalue weighted by atomic mass is 9.97. The number of hydrogen-bond donors (Lipinski definition) is 2. The lowest BCUT2D eigenvalue weighted by Gasteiger charge is -2.18. The minimum absolute atomic E-state index is 0.0106. The summed E-state index contributed by atoms with van der Waals surface area (Å²) >= 11 is 3.60. The number of aromatic nitrogens is 1. The number of hydrogen-bond acceptors (Lipinski definition) is 2. The van der Waals surface area contributed by atoms with E-state index in [2.05, 4.69) is 38.8 Å². The minimum Gasteiger partial charge on any atom is -0.394 e. The molecule has 3 rings (SSSR count). The Morgan fingerprint density at radius 3 is 3.06 bits per heavy atom. The number of rotatable bonds is 2. The van der Waals surface area contributed by atoms with Gasteiger partial charge in [0.05, 0.1) is 18.2 Å². The molecule has 0 saturated carbocycles. The smallest absolute Gasteiger partial charge is 0.0624 e. The molecule has 17 heavy (non-hydrogen) atoms. The second-order valence-electron chi connectivity index (χ2n) is 4.64. The Morgan fingerprint density at radius 2 is 2.29 bits per heavy atom. The summed E-state index contributed by atoms with van der Waals surface area (Å²) < 4.78 is 3.41. The van der Waals surface area contributed by atoms with Gasteiger partial charge in [0.1, 0.15) is 0 Å². The van der Waals surface area contributed by atoms with Crippen LogP contribution in [0.2, 0.25) is 0 Å². The lowest BCUT2D eigenvalue weighted by molar-refractivity contribution is 0.268. The van der Waals surface area contributed by atoms with Gasteiger partial charge < -0.3 is 15.4 Å². The number of aliphatic hydroxyl groups is 1. The highest BCUT2D eigenvalue weighted by Crippen LogP contribution is 2.34. The summed E-state index contributed by atoms with van der Waals surface area (Å²) in [5.74, 6) is 0. The Kier molecular flexibility index (Phi) is 2.73. The van der Waals surface area contributed by atoms with E-state index in [1.807, 2.05) is 0 Å². The van der Waals surface area contributed by atoms with Crippen LogP contribution in [0, 0.1) is 0 Å². The van der Waals surface area contributed by atoms with Crippen LogP contribution in [0.25, 0.3) is 10.9 Å². The zero-order valence-electron chi connectivity index (χ0n) is 9.49. The third-order valence-corrected chi connectivity index (χ3v) is 4.13. The summed E-state index contributed by atoms with van der Waals surface area (Å²) in [5.41, 5.74) is 9.60. The fraction of sp³-hybridized carbons (Fsp3) is 0.385. The average Bonchev–Trinajstić information content (AvgIpc) is 2.67. The molecule has 3 N–H and O–H groups in total. The normalized spacial score (nSPS) is 16.4. The van der Waals surface area contributed by atoms with Crippen LogP contribution in [0.1, 0.15) is 23.6 Å². The van der Waals surface area contributed by atoms with Gasteiger partial charge in [0.15, 0.2) is 0 Å². The molecule has 2 heterocycles. The van der Waals surface area contributed by atoms with Gasteiger partial charge in [0.25, 0.3) is 0 Å². The quantitative estimate of drug-likeness (QED) is 0.893. The van der Waals surface area contributed by atoms with Crippen molar-refractivity contribution in [2.45, 2.75) is 25.4 Å². The summed E-state index contributed by atoms with van der Waals surface area (Å²) in [6.45, 7) is 1.07. The van der Waals surface area contributed by atoms with Crippen LogP contribution < -0.4 is 5.73 Å². The second-order valence-corrected chi connectivity index (χ2v) is 5.49. The number of aryl methyl sites for hydroxylation is 2. The molecule has 1 aromatic heterocycles. The van der Waals surface area contributed by atoms with E-state index in [4.69, 9.17) is 5.73 Å². The highest BCUT2D eigenvalue weighted by Gasteiger charge is 2.17. The van der Waals surface area contributed by atoms with E-state index in [9.17, 15) is 5.11 Å². The molecule has 4 heteroatoms. The van der Waals surface area contributed by atoms with E-state index in [1.165, 1.54) is 22.9 Å². The van der Waals surface area contributed by atoms with E-state index in [0.29, 0.717) is 0 Å². The van der Waals surface area contributed by atoms with Crippen molar-refractivity contribution in [3.63, 3.8) is 0 Å². The van der Waals surface area contributed by atoms with E-state index < -0.39 is 0 Å². The van der Waals surface area contributed by atoms with Gasteiger partial charge >= 0.3 is 0 Å². The molecular weight excluding hydrogens is 280 g/mol. The van der Waals surface area contributed by atoms with Crippen LogP contribution in [0.3, 0.4) is 0 Å². The Bertz CT molecular complexity index is 576. The van der Waals surface area contributed by atoms with Crippen molar-refractivity contribution in [3.05, 3.63) is 33.9 Å². The third-order valence-electron chi connectivity index (χ3n) is 3.49. The standard InChI is InChI=1S/C13H15BrN2O/c14-11-6-16-3-1-2-8-4-9(12(15)7-17)5-10(11)13(8)16/h4-6,12,17H,1-3,7,15H2. The van der Waals surface area contributed by atoms with E-state index >= 15 is 0 Å². The van der Waals surface area contributed by atoms with Crippen LogP contribution in [-0.2, 0) is 13.0 Å². The third kappa shape index (κ3) is 1.71. The maximum Gasteiger partial charge on any atom is 0.0624 e. The number of benzene rings is 1. The van der Waals surface area contributed by atoms with Crippen molar-refractivity contribution in [1.82, 2.24) is 4.57 Å². The molecule has 3 nitrogen and oxygen atoms in total. The zero-order chi connectivity index (χ0) is 12.0. The number of aliphatic hydroxyl groups excluding tert-OH is 1. The molecule has 1 aliphatic rings. The van der Waals surface area contributed by atoms with Crippen molar-refractivity contribution in [3.8, 4) is 0 Å². The molecule has 0 saturated heterocycles. The summed E-state index contributed by atoms with van der Waals surface area (Å²) in [6.07, 6.45) is 4.40. The minimum atomic E-state index is -0.284. The van der Waals surface area contributed by atoms with E-state index in [0.717, 1.165) is 23.0 Å². The molecule has 0 aliphatic carbocycles. The molecule has 0 amide bonds. The van der Waals surface area contributed by atoms with Crippen molar-refractivity contribution >= 4 is 26.8 Å². The molecule has 0 bridgehead atoms. The molecule has 2 aromatic rings. The topological polar surface area (TPSA) is 51.2 Å². The summed E-state index contributed by atoms with van der Waals surface area (Å²) in [6, 6.07) is 3.95. The van der Waals surface area contributed by atoms with Gasteiger partial charge in [-0.15, -0.1) is 0 Å². The van der Waals surface area contributed by atoms with Gasteiger partial charge in [-0.3, -0.25) is 0 Å². The average molecular weight is 295 g/mol. The lowest BCUT2D eigenvalue weighted by Crippen LogP contribution is -2.15. The van der Waals surface area contributed by atoms with Gasteiger partial charge in [-0.25, -0.2) is 0 Å². The molecular formula is C13H15BrN2O. The van der Waals surface area contributed by atoms with Crippen molar-refractivity contribution in [2.75, 3.05) is 6.61 Å². The molecule has 0 fully saturated rings. The first-order valence-electron chi connectivity index (χ1n) is 5.88. The van der Waals surface area contributed by atoms with Gasteiger partial charge in [0.2, 0.25) is 0 Å². The largest absolute Gasteiger partial charge is 0.394 e. The Balaban J connectivity index is 2.28. The van der Waals surface area contributed by atoms with Crippen LogP contribution in [-0.4, -0.2) is 16.3 Å². The van der Waals surface area contributed by atoms with Crippen LogP contribution in [0.15, 0.2) is 22.8 Å². The predicted molar refractivity (Wildman–Crippen MR) is 72.0 cm³/mol. The van der Waals surface area contributed by atoms with E-state index in [1.54, 1.807) is 0 Å². The first-order chi connectivity index (χ1) is 8.20. The molecule has 1 aliphatic heterocycles. The first kappa shape index (κ1) is 11.3. The first-order valence-corrected chi connectivity index (χ1v) is 6.67. The zero-order valence-corrected chi connectivity index (χ0v) is 11.1. The van der Waals surface area contributed by atoms with E-state index in [-0.39, 0.29) is 12.6 Å². The molecule has 1 aromatic carbocycles. The molecule has 0 spiro atoms. The summed E-state index contributed by atoms with van der Waals surface area (Å²) in [4.78, 5) is 0. The maximum absolute atomic E-state index is 9.17. The van der Waals surface area contributed by atoms with Gasteiger partial charge in [0, 0.05) is 22.6 Å². The fourth-order valence-electron chi connectivity index (χ4n) is 2.64. The fourth-order valence-corrected chi connectivity index (χ4v) is 3.19. The van der Waals surface area contributed by atoms with Crippen LogP contribution in [0.5, 0.6) is 0 Å². The van der Waals surface area contributed by atoms with Gasteiger partial charge in [-0.2, -0.15) is 0 Å². The number of nitrogens with two attached hydrogens (primary N) is 1. The van der Waals surface area contributed by atoms with Crippen molar-refractivity contribution in [2.24, 2.45) is 5.73 Å². The Hall–Kier alpha value is -0.840. The van der Waals surface area contributed by atoms with Gasteiger partial charge in [-0.05, 0) is 46.0 Å². The summed E-state index contributed by atoms with van der Waals surface area (Å²) in [5, 5.41) is 10.4. The van der Waals surface area contributed by atoms with Crippen molar-refractivity contribution < 1.29 is 5.11 Å². The summed E-state index contributed by atoms with van der Waals surface area (Å²) in [7, 11) is 0. The monoisotopic (exact) mass is 294 g/mol. The number of halogens is 1. The van der Waals surface area contributed by atoms with Crippen LogP contribution >= 0.6 is 15.9 Å². The van der Waals surface area contributed by atoms with Crippen LogP contribution in [0.4, 0.5) is 0 Å². The Labute approximate surface area is 108 Å². The van der Waals surface area contributed by atoms with Crippen molar-refractivity contribution in [1.29, 1.82) is 0 Å². The molecule has 1 atom stereocenters. The second kappa shape index (κ2) is 4.12. The molecule has 0 radical (unpaired) electrons. The number of nitrogens with zero attached hydrogens (tertiary/aromatic N) is 1. The van der Waals surface area contributed by atoms with Gasteiger partial charge in [-0.1, -0.05) is 6.07 Å². The molecule has 1 unspecified atom stereocenters. The molecule has 90 valence electrons. The maximum atomic E-state index is 9.17. The highest BCUT2D eigenvalue weighted by molar-refractivity contribution is 9.10. The SMILES string of the molecule is NC(CO)c1cc2c3c(c1)c(Br)cn3CCC2.